The van der Waals surface area contributed by atoms with Crippen molar-refractivity contribution in [2.75, 3.05) is 6.54 Å². The van der Waals surface area contributed by atoms with Crippen molar-refractivity contribution in [1.82, 2.24) is 14.9 Å². The maximum Gasteiger partial charge on any atom is 0.0949 e. The predicted octanol–water partition coefficient (Wildman–Crippen LogP) is 2.86. The van der Waals surface area contributed by atoms with E-state index in [9.17, 15) is 0 Å². The molecule has 1 N–H and O–H groups in total. The third-order valence-corrected chi connectivity index (χ3v) is 4.37. The summed E-state index contributed by atoms with van der Waals surface area (Å²) in [5.74, 6) is 0. The number of hydrogen-bond acceptors (Lipinski definition) is 2. The lowest BCUT2D eigenvalue weighted by Crippen LogP contribution is -2.31. The highest BCUT2D eigenvalue weighted by atomic mass is 15.1. The minimum Gasteiger partial charge on any atom is -0.337 e. The lowest BCUT2D eigenvalue weighted by Gasteiger charge is -2.24. The molecule has 0 spiro atoms. The van der Waals surface area contributed by atoms with Gasteiger partial charge in [-0.25, -0.2) is 4.98 Å². The van der Waals surface area contributed by atoms with Gasteiger partial charge in [0.2, 0.25) is 0 Å². The SMILES string of the molecule is Cc1ccc(CCC2NCCc3c2ncn3C)c(C)c1. The first-order chi connectivity index (χ1) is 9.65. The number of rotatable bonds is 3. The monoisotopic (exact) mass is 269 g/mol. The second-order valence-electron chi connectivity index (χ2n) is 5.91. The molecule has 0 fully saturated rings. The van der Waals surface area contributed by atoms with Crippen molar-refractivity contribution < 1.29 is 0 Å². The van der Waals surface area contributed by atoms with Crippen molar-refractivity contribution in [2.24, 2.45) is 7.05 Å². The Bertz CT molecular complexity index is 613. The first-order valence-electron chi connectivity index (χ1n) is 7.45. The Balaban J connectivity index is 1.73. The Morgan fingerprint density at radius 2 is 2.20 bits per heavy atom. The smallest absolute Gasteiger partial charge is 0.0949 e. The van der Waals surface area contributed by atoms with Crippen LogP contribution in [0.2, 0.25) is 0 Å². The number of imidazole rings is 1. The molecule has 1 atom stereocenters. The fraction of sp³-hybridized carbons (Fsp3) is 0.471. The van der Waals surface area contributed by atoms with Crippen LogP contribution in [0.1, 0.15) is 40.5 Å². The third kappa shape index (κ3) is 2.50. The van der Waals surface area contributed by atoms with Gasteiger partial charge in [-0.1, -0.05) is 23.8 Å². The fourth-order valence-electron chi connectivity index (χ4n) is 3.20. The van der Waals surface area contributed by atoms with Crippen LogP contribution in [0.15, 0.2) is 24.5 Å². The number of nitrogens with one attached hydrogen (secondary N) is 1. The molecule has 1 aliphatic rings. The summed E-state index contributed by atoms with van der Waals surface area (Å²) >= 11 is 0. The summed E-state index contributed by atoms with van der Waals surface area (Å²) in [4.78, 5) is 4.59. The summed E-state index contributed by atoms with van der Waals surface area (Å²) in [6, 6.07) is 7.16. The second-order valence-corrected chi connectivity index (χ2v) is 5.91. The van der Waals surface area contributed by atoms with Crippen LogP contribution in [0, 0.1) is 13.8 Å². The molecule has 3 nitrogen and oxygen atoms in total. The summed E-state index contributed by atoms with van der Waals surface area (Å²) in [6.07, 6.45) is 5.27. The standard InChI is InChI=1S/C17H23N3/c1-12-4-5-14(13(2)10-12)6-7-15-17-16(8-9-18-15)20(3)11-19-17/h4-5,10-11,15,18H,6-9H2,1-3H3. The summed E-state index contributed by atoms with van der Waals surface area (Å²) < 4.78 is 2.17. The molecule has 3 heteroatoms. The van der Waals surface area contributed by atoms with E-state index >= 15 is 0 Å². The van der Waals surface area contributed by atoms with Gasteiger partial charge in [-0.2, -0.15) is 0 Å². The number of aryl methyl sites for hydroxylation is 4. The molecule has 20 heavy (non-hydrogen) atoms. The quantitative estimate of drug-likeness (QED) is 0.928. The van der Waals surface area contributed by atoms with Gasteiger partial charge in [-0.15, -0.1) is 0 Å². The molecule has 0 radical (unpaired) electrons. The van der Waals surface area contributed by atoms with Crippen LogP contribution in [-0.2, 0) is 19.9 Å². The summed E-state index contributed by atoms with van der Waals surface area (Å²) in [7, 11) is 2.10. The zero-order valence-corrected chi connectivity index (χ0v) is 12.6. The Morgan fingerprint density at radius 3 is 3.00 bits per heavy atom. The van der Waals surface area contributed by atoms with E-state index in [0.29, 0.717) is 6.04 Å². The summed E-state index contributed by atoms with van der Waals surface area (Å²) in [6.45, 7) is 5.42. The van der Waals surface area contributed by atoms with E-state index in [2.05, 4.69) is 54.0 Å². The highest BCUT2D eigenvalue weighted by Crippen LogP contribution is 2.25. The number of fused-ring (bicyclic) bond motifs is 1. The van der Waals surface area contributed by atoms with E-state index in [4.69, 9.17) is 0 Å². The van der Waals surface area contributed by atoms with Crippen molar-refractivity contribution in [1.29, 1.82) is 0 Å². The fourth-order valence-corrected chi connectivity index (χ4v) is 3.20. The van der Waals surface area contributed by atoms with Crippen LogP contribution in [0.3, 0.4) is 0 Å². The Labute approximate surface area is 121 Å². The zero-order chi connectivity index (χ0) is 14.1. The van der Waals surface area contributed by atoms with Crippen molar-refractivity contribution in [3.05, 3.63) is 52.6 Å². The van der Waals surface area contributed by atoms with Gasteiger partial charge in [0.15, 0.2) is 0 Å². The van der Waals surface area contributed by atoms with Gasteiger partial charge in [-0.05, 0) is 37.8 Å². The van der Waals surface area contributed by atoms with Crippen molar-refractivity contribution in [3.63, 3.8) is 0 Å². The molecule has 1 unspecified atom stereocenters. The Hall–Kier alpha value is -1.61. The van der Waals surface area contributed by atoms with Crippen LogP contribution >= 0.6 is 0 Å². The van der Waals surface area contributed by atoms with Gasteiger partial charge in [0.1, 0.15) is 0 Å². The van der Waals surface area contributed by atoms with Crippen molar-refractivity contribution in [3.8, 4) is 0 Å². The molecule has 2 heterocycles. The summed E-state index contributed by atoms with van der Waals surface area (Å²) in [5, 5.41) is 3.61. The highest BCUT2D eigenvalue weighted by molar-refractivity contribution is 5.31. The highest BCUT2D eigenvalue weighted by Gasteiger charge is 2.23. The summed E-state index contributed by atoms with van der Waals surface area (Å²) in [5.41, 5.74) is 6.86. The van der Waals surface area contributed by atoms with Gasteiger partial charge in [0.25, 0.3) is 0 Å². The largest absolute Gasteiger partial charge is 0.337 e. The lowest BCUT2D eigenvalue weighted by molar-refractivity contribution is 0.460. The van der Waals surface area contributed by atoms with E-state index in [1.54, 1.807) is 0 Å². The molecule has 1 aromatic heterocycles. The van der Waals surface area contributed by atoms with Crippen molar-refractivity contribution >= 4 is 0 Å². The number of aromatic nitrogens is 2. The first-order valence-corrected chi connectivity index (χ1v) is 7.45. The average Bonchev–Trinajstić information content (AvgIpc) is 2.80. The predicted molar refractivity (Wildman–Crippen MR) is 81.9 cm³/mol. The van der Waals surface area contributed by atoms with Gasteiger partial charge >= 0.3 is 0 Å². The van der Waals surface area contributed by atoms with Crippen LogP contribution in [-0.4, -0.2) is 16.1 Å². The van der Waals surface area contributed by atoms with Crippen molar-refractivity contribution in [2.45, 2.75) is 39.2 Å². The first kappa shape index (κ1) is 13.4. The molecular weight excluding hydrogens is 246 g/mol. The molecular formula is C17H23N3. The molecule has 0 bridgehead atoms. The maximum absolute atomic E-state index is 4.59. The minimum absolute atomic E-state index is 0.403. The molecule has 0 saturated heterocycles. The van der Waals surface area contributed by atoms with Crippen LogP contribution in [0.5, 0.6) is 0 Å². The van der Waals surface area contributed by atoms with E-state index in [1.807, 2.05) is 6.33 Å². The molecule has 106 valence electrons. The maximum atomic E-state index is 4.59. The second kappa shape index (κ2) is 5.41. The minimum atomic E-state index is 0.403. The van der Waals surface area contributed by atoms with Gasteiger partial charge in [0.05, 0.1) is 18.1 Å². The number of nitrogens with zero attached hydrogens (tertiary/aromatic N) is 2. The molecule has 0 saturated carbocycles. The van der Waals surface area contributed by atoms with Gasteiger partial charge < -0.3 is 9.88 Å². The number of benzene rings is 1. The topological polar surface area (TPSA) is 29.9 Å². The van der Waals surface area contributed by atoms with E-state index in [-0.39, 0.29) is 0 Å². The van der Waals surface area contributed by atoms with Crippen LogP contribution in [0.25, 0.3) is 0 Å². The number of hydrogen-bond donors (Lipinski definition) is 1. The zero-order valence-electron chi connectivity index (χ0n) is 12.6. The average molecular weight is 269 g/mol. The van der Waals surface area contributed by atoms with Crippen LogP contribution in [0.4, 0.5) is 0 Å². The third-order valence-electron chi connectivity index (χ3n) is 4.37. The lowest BCUT2D eigenvalue weighted by atomic mass is 9.95. The molecule has 1 aliphatic heterocycles. The van der Waals surface area contributed by atoms with E-state index in [1.165, 1.54) is 28.1 Å². The van der Waals surface area contributed by atoms with E-state index < -0.39 is 0 Å². The molecule has 1 aromatic carbocycles. The Kier molecular flexibility index (Phi) is 3.62. The van der Waals surface area contributed by atoms with Gasteiger partial charge in [0, 0.05) is 25.7 Å². The van der Waals surface area contributed by atoms with Crippen LogP contribution < -0.4 is 5.32 Å². The van der Waals surface area contributed by atoms with Gasteiger partial charge in [-0.3, -0.25) is 0 Å². The molecule has 2 aromatic rings. The normalized spacial score (nSPS) is 18.1. The molecule has 0 aliphatic carbocycles. The molecule has 3 rings (SSSR count). The molecule has 0 amide bonds. The Morgan fingerprint density at radius 1 is 1.35 bits per heavy atom. The van der Waals surface area contributed by atoms with E-state index in [0.717, 1.165) is 25.8 Å².